The van der Waals surface area contributed by atoms with Crippen LogP contribution in [-0.2, 0) is 14.3 Å². The predicted molar refractivity (Wildman–Crippen MR) is 86.5 cm³/mol. The molecule has 3 rings (SSSR count). The quantitative estimate of drug-likeness (QED) is 0.821. The second-order valence-electron chi connectivity index (χ2n) is 6.88. The molecule has 1 amide bonds. The maximum atomic E-state index is 12.6. The highest BCUT2D eigenvalue weighted by atomic mass is 16.5. The van der Waals surface area contributed by atoms with Gasteiger partial charge in [0, 0.05) is 12.5 Å². The van der Waals surface area contributed by atoms with Crippen LogP contribution in [0.15, 0.2) is 4.42 Å². The predicted octanol–water partition coefficient (Wildman–Crippen LogP) is 2.44. The second-order valence-corrected chi connectivity index (χ2v) is 6.88. The highest BCUT2D eigenvalue weighted by molar-refractivity contribution is 5.78. The van der Waals surface area contributed by atoms with Gasteiger partial charge in [0.15, 0.2) is 0 Å². The number of ether oxygens (including phenoxy) is 2. The van der Waals surface area contributed by atoms with Crippen LogP contribution < -0.4 is 0 Å². The van der Waals surface area contributed by atoms with Crippen molar-refractivity contribution in [2.75, 3.05) is 26.4 Å². The summed E-state index contributed by atoms with van der Waals surface area (Å²) in [5.41, 5.74) is 0. The molecule has 0 spiro atoms. The first kappa shape index (κ1) is 17.4. The summed E-state index contributed by atoms with van der Waals surface area (Å²) in [6.45, 7) is 5.54. The van der Waals surface area contributed by atoms with E-state index in [0.29, 0.717) is 31.5 Å². The molecule has 0 bridgehead atoms. The number of hydrogen-bond donors (Lipinski definition) is 0. The Morgan fingerprint density at radius 3 is 2.79 bits per heavy atom. The third-order valence-electron chi connectivity index (χ3n) is 4.68. The van der Waals surface area contributed by atoms with Gasteiger partial charge in [0.05, 0.1) is 19.3 Å². The number of carbonyl (C=O) groups is 1. The molecule has 1 saturated heterocycles. The first-order valence-corrected chi connectivity index (χ1v) is 8.97. The zero-order valence-electron chi connectivity index (χ0n) is 14.6. The van der Waals surface area contributed by atoms with E-state index in [1.807, 2.05) is 13.8 Å². The number of amides is 1. The molecule has 0 aromatic carbocycles. The summed E-state index contributed by atoms with van der Waals surface area (Å²) in [4.78, 5) is 14.4. The molecule has 134 valence electrons. The van der Waals surface area contributed by atoms with Crippen LogP contribution in [0.4, 0.5) is 0 Å². The fraction of sp³-hybridized carbons (Fsp3) is 0.824. The Labute approximate surface area is 142 Å². The largest absolute Gasteiger partial charge is 0.423 e. The Bertz CT molecular complexity index is 540. The number of carbonyl (C=O) groups excluding carboxylic acids is 1. The highest BCUT2D eigenvalue weighted by Gasteiger charge is 2.33. The van der Waals surface area contributed by atoms with Gasteiger partial charge in [-0.2, -0.15) is 0 Å². The van der Waals surface area contributed by atoms with Crippen LogP contribution in [0.25, 0.3) is 0 Å². The Hall–Kier alpha value is -1.47. The topological polar surface area (TPSA) is 77.7 Å². The van der Waals surface area contributed by atoms with Crippen LogP contribution >= 0.6 is 0 Å². The molecule has 0 radical (unpaired) electrons. The van der Waals surface area contributed by atoms with Crippen LogP contribution in [-0.4, -0.2) is 53.5 Å². The molecule has 7 heteroatoms. The zero-order valence-corrected chi connectivity index (χ0v) is 14.6. The van der Waals surface area contributed by atoms with Crippen LogP contribution in [0.5, 0.6) is 0 Å². The Kier molecular flexibility index (Phi) is 5.84. The first-order valence-electron chi connectivity index (χ1n) is 8.97. The molecular formula is C17H27N3O4. The van der Waals surface area contributed by atoms with E-state index in [-0.39, 0.29) is 30.6 Å². The molecule has 1 aromatic heterocycles. The van der Waals surface area contributed by atoms with Crippen molar-refractivity contribution < 1.29 is 18.7 Å². The fourth-order valence-corrected chi connectivity index (χ4v) is 3.23. The van der Waals surface area contributed by atoms with E-state index in [4.69, 9.17) is 13.9 Å². The lowest BCUT2D eigenvalue weighted by Crippen LogP contribution is -2.45. The minimum Gasteiger partial charge on any atom is -0.423 e. The standard InChI is InChI=1S/C17H27N3O4/c1-12(2)16-18-19-17(24-16)14-10-22-9-8-20(14)15(21)11-23-13-6-4-3-5-7-13/h12-14H,3-11H2,1-2H3. The van der Waals surface area contributed by atoms with E-state index >= 15 is 0 Å². The van der Waals surface area contributed by atoms with Gasteiger partial charge < -0.3 is 18.8 Å². The molecule has 24 heavy (non-hydrogen) atoms. The molecule has 0 N–H and O–H groups in total. The molecule has 2 aliphatic rings. The van der Waals surface area contributed by atoms with E-state index in [1.165, 1.54) is 19.3 Å². The van der Waals surface area contributed by atoms with Gasteiger partial charge in [-0.25, -0.2) is 0 Å². The normalized spacial score (nSPS) is 23.0. The van der Waals surface area contributed by atoms with Gasteiger partial charge in [0.2, 0.25) is 17.7 Å². The summed E-state index contributed by atoms with van der Waals surface area (Å²) >= 11 is 0. The lowest BCUT2D eigenvalue weighted by atomic mass is 9.98. The second kappa shape index (κ2) is 8.07. The van der Waals surface area contributed by atoms with Gasteiger partial charge in [-0.15, -0.1) is 10.2 Å². The van der Waals surface area contributed by atoms with Crippen molar-refractivity contribution in [2.45, 2.75) is 64.0 Å². The average molecular weight is 337 g/mol. The number of nitrogens with zero attached hydrogens (tertiary/aromatic N) is 3. The molecule has 1 atom stereocenters. The summed E-state index contributed by atoms with van der Waals surface area (Å²) in [7, 11) is 0. The summed E-state index contributed by atoms with van der Waals surface area (Å²) in [5, 5.41) is 8.18. The van der Waals surface area contributed by atoms with Crippen molar-refractivity contribution in [3.63, 3.8) is 0 Å². The van der Waals surface area contributed by atoms with Gasteiger partial charge in [0.1, 0.15) is 12.6 Å². The van der Waals surface area contributed by atoms with Crippen LogP contribution in [0, 0.1) is 0 Å². The monoisotopic (exact) mass is 337 g/mol. The van der Waals surface area contributed by atoms with Crippen LogP contribution in [0.3, 0.4) is 0 Å². The summed E-state index contributed by atoms with van der Waals surface area (Å²) < 4.78 is 17.1. The molecule has 1 unspecified atom stereocenters. The maximum Gasteiger partial charge on any atom is 0.249 e. The third kappa shape index (κ3) is 4.13. The Morgan fingerprint density at radius 2 is 2.08 bits per heavy atom. The average Bonchev–Trinajstić information content (AvgIpc) is 3.11. The SMILES string of the molecule is CC(C)c1nnc(C2COCCN2C(=O)COC2CCCCC2)o1. The zero-order chi connectivity index (χ0) is 16.9. The maximum absolute atomic E-state index is 12.6. The smallest absolute Gasteiger partial charge is 0.249 e. The van der Waals surface area contributed by atoms with Crippen LogP contribution in [0.1, 0.15) is 69.7 Å². The highest BCUT2D eigenvalue weighted by Crippen LogP contribution is 2.26. The Balaban J connectivity index is 1.61. The molecular weight excluding hydrogens is 310 g/mol. The number of rotatable bonds is 5. The number of morpholine rings is 1. The summed E-state index contributed by atoms with van der Waals surface area (Å²) in [6, 6.07) is -0.318. The van der Waals surface area contributed by atoms with Crippen molar-refractivity contribution in [2.24, 2.45) is 0 Å². The Morgan fingerprint density at radius 1 is 1.29 bits per heavy atom. The van der Waals surface area contributed by atoms with Crippen molar-refractivity contribution in [1.29, 1.82) is 0 Å². The molecule has 7 nitrogen and oxygen atoms in total. The molecule has 1 aliphatic carbocycles. The van der Waals surface area contributed by atoms with Crippen molar-refractivity contribution >= 4 is 5.91 Å². The minimum atomic E-state index is -0.318. The fourth-order valence-electron chi connectivity index (χ4n) is 3.23. The van der Waals surface area contributed by atoms with E-state index in [2.05, 4.69) is 10.2 Å². The molecule has 1 aliphatic heterocycles. The third-order valence-corrected chi connectivity index (χ3v) is 4.68. The van der Waals surface area contributed by atoms with Gasteiger partial charge in [-0.3, -0.25) is 4.79 Å². The van der Waals surface area contributed by atoms with Crippen molar-refractivity contribution in [3.05, 3.63) is 11.8 Å². The first-order chi connectivity index (χ1) is 11.6. The lowest BCUT2D eigenvalue weighted by Gasteiger charge is -2.34. The minimum absolute atomic E-state index is 0.0295. The lowest BCUT2D eigenvalue weighted by molar-refractivity contribution is -0.148. The van der Waals surface area contributed by atoms with Gasteiger partial charge in [0.25, 0.3) is 0 Å². The van der Waals surface area contributed by atoms with E-state index < -0.39 is 0 Å². The van der Waals surface area contributed by atoms with Crippen molar-refractivity contribution in [1.82, 2.24) is 15.1 Å². The van der Waals surface area contributed by atoms with Gasteiger partial charge >= 0.3 is 0 Å². The van der Waals surface area contributed by atoms with E-state index in [0.717, 1.165) is 12.8 Å². The molecule has 2 heterocycles. The number of aromatic nitrogens is 2. The van der Waals surface area contributed by atoms with E-state index in [1.54, 1.807) is 4.90 Å². The summed E-state index contributed by atoms with van der Waals surface area (Å²) in [5.74, 6) is 1.17. The van der Waals surface area contributed by atoms with Gasteiger partial charge in [-0.05, 0) is 12.8 Å². The van der Waals surface area contributed by atoms with Gasteiger partial charge in [-0.1, -0.05) is 33.1 Å². The molecule has 2 fully saturated rings. The summed E-state index contributed by atoms with van der Waals surface area (Å²) in [6.07, 6.45) is 5.99. The van der Waals surface area contributed by atoms with Crippen LogP contribution in [0.2, 0.25) is 0 Å². The van der Waals surface area contributed by atoms with Crippen molar-refractivity contribution in [3.8, 4) is 0 Å². The van der Waals surface area contributed by atoms with E-state index in [9.17, 15) is 4.79 Å². The number of hydrogen-bond acceptors (Lipinski definition) is 6. The molecule has 1 saturated carbocycles. The molecule has 1 aromatic rings.